The molecule has 20 heavy (non-hydrogen) atoms. The number of urea groups is 1. The number of pyridine rings is 1. The van der Waals surface area contributed by atoms with Crippen LogP contribution in [0.25, 0.3) is 0 Å². The van der Waals surface area contributed by atoms with Crippen molar-refractivity contribution < 1.29 is 14.7 Å². The van der Waals surface area contributed by atoms with E-state index in [1.165, 1.54) is 6.92 Å². The molecule has 3 N–H and O–H groups in total. The van der Waals surface area contributed by atoms with E-state index in [2.05, 4.69) is 15.6 Å². The minimum absolute atomic E-state index is 0.264. The Hall–Kier alpha value is -2.11. The van der Waals surface area contributed by atoms with Crippen LogP contribution in [0.15, 0.2) is 18.3 Å². The van der Waals surface area contributed by atoms with Crippen molar-refractivity contribution in [1.82, 2.24) is 15.6 Å². The van der Waals surface area contributed by atoms with Gasteiger partial charge in [0.15, 0.2) is 0 Å². The Morgan fingerprint density at radius 3 is 2.70 bits per heavy atom. The van der Waals surface area contributed by atoms with Gasteiger partial charge in [-0.15, -0.1) is 0 Å². The van der Waals surface area contributed by atoms with Crippen LogP contribution in [-0.4, -0.2) is 27.6 Å². The average Bonchev–Trinajstić information content (AvgIpc) is 2.38. The largest absolute Gasteiger partial charge is 0.480 e. The molecule has 6 heteroatoms. The molecule has 0 radical (unpaired) electrons. The van der Waals surface area contributed by atoms with E-state index in [1.54, 1.807) is 6.20 Å². The normalized spacial score (nSPS) is 13.3. The van der Waals surface area contributed by atoms with Crippen LogP contribution in [0, 0.1) is 6.92 Å². The zero-order valence-corrected chi connectivity index (χ0v) is 12.1. The zero-order valence-electron chi connectivity index (χ0n) is 12.1. The summed E-state index contributed by atoms with van der Waals surface area (Å²) in [5.74, 6) is -1.04. The molecular formula is C14H21N3O3. The predicted octanol–water partition coefficient (Wildman–Crippen LogP) is 1.83. The van der Waals surface area contributed by atoms with Gasteiger partial charge in [0, 0.05) is 6.20 Å². The molecule has 1 unspecified atom stereocenters. The Morgan fingerprint density at radius 2 is 2.15 bits per heavy atom. The Morgan fingerprint density at radius 1 is 1.45 bits per heavy atom. The Kier molecular flexibility index (Phi) is 5.49. The van der Waals surface area contributed by atoms with Gasteiger partial charge in [-0.3, -0.25) is 4.98 Å². The number of carbonyl (C=O) groups excluding carboxylic acids is 1. The van der Waals surface area contributed by atoms with Gasteiger partial charge in [0.05, 0.1) is 12.2 Å². The van der Waals surface area contributed by atoms with Gasteiger partial charge in [-0.25, -0.2) is 9.59 Å². The summed E-state index contributed by atoms with van der Waals surface area (Å²) in [6.07, 6.45) is 2.70. The highest BCUT2D eigenvalue weighted by molar-refractivity contribution is 5.85. The van der Waals surface area contributed by atoms with Gasteiger partial charge in [-0.2, -0.15) is 0 Å². The second-order valence-corrected chi connectivity index (χ2v) is 4.96. The molecule has 0 spiro atoms. The van der Waals surface area contributed by atoms with Gasteiger partial charge in [-0.1, -0.05) is 19.4 Å². The Balaban J connectivity index is 2.59. The summed E-state index contributed by atoms with van der Waals surface area (Å²) in [6.45, 7) is 5.54. The number of hydrogen-bond donors (Lipinski definition) is 3. The maximum absolute atomic E-state index is 11.8. The lowest BCUT2D eigenvalue weighted by Gasteiger charge is -2.25. The van der Waals surface area contributed by atoms with E-state index in [-0.39, 0.29) is 6.54 Å². The molecule has 1 rings (SSSR count). The quantitative estimate of drug-likeness (QED) is 0.741. The Bertz CT molecular complexity index is 490. The van der Waals surface area contributed by atoms with Crippen molar-refractivity contribution in [1.29, 1.82) is 0 Å². The van der Waals surface area contributed by atoms with Gasteiger partial charge in [-0.05, 0) is 31.9 Å². The maximum atomic E-state index is 11.8. The first-order valence-corrected chi connectivity index (χ1v) is 6.59. The molecule has 1 heterocycles. The molecule has 6 nitrogen and oxygen atoms in total. The summed E-state index contributed by atoms with van der Waals surface area (Å²) >= 11 is 0. The van der Waals surface area contributed by atoms with E-state index >= 15 is 0 Å². The molecule has 2 amide bonds. The number of aryl methyl sites for hydroxylation is 1. The zero-order chi connectivity index (χ0) is 15.2. The van der Waals surface area contributed by atoms with Crippen LogP contribution < -0.4 is 10.6 Å². The van der Waals surface area contributed by atoms with E-state index in [9.17, 15) is 14.7 Å². The number of nitrogens with zero attached hydrogens (tertiary/aromatic N) is 1. The lowest BCUT2D eigenvalue weighted by Crippen LogP contribution is -2.55. The summed E-state index contributed by atoms with van der Waals surface area (Å²) in [6, 6.07) is 3.22. The molecule has 0 aliphatic heterocycles. The monoisotopic (exact) mass is 279 g/mol. The number of carbonyl (C=O) groups is 2. The number of carboxylic acids is 1. The van der Waals surface area contributed by atoms with Crippen molar-refractivity contribution in [2.24, 2.45) is 0 Å². The minimum Gasteiger partial charge on any atom is -0.480 e. The van der Waals surface area contributed by atoms with E-state index in [1.807, 2.05) is 26.0 Å². The van der Waals surface area contributed by atoms with E-state index in [4.69, 9.17) is 0 Å². The first-order chi connectivity index (χ1) is 9.39. The summed E-state index contributed by atoms with van der Waals surface area (Å²) in [5, 5.41) is 14.3. The fourth-order valence-corrected chi connectivity index (χ4v) is 1.89. The van der Waals surface area contributed by atoms with Crippen LogP contribution in [0.1, 0.15) is 37.9 Å². The van der Waals surface area contributed by atoms with Gasteiger partial charge >= 0.3 is 12.0 Å². The van der Waals surface area contributed by atoms with Crippen molar-refractivity contribution in [3.63, 3.8) is 0 Å². The molecule has 1 atom stereocenters. The molecule has 1 aromatic rings. The van der Waals surface area contributed by atoms with Gasteiger partial charge in [0.1, 0.15) is 5.54 Å². The molecular weight excluding hydrogens is 258 g/mol. The van der Waals surface area contributed by atoms with Gasteiger partial charge in [0.2, 0.25) is 0 Å². The number of hydrogen-bond acceptors (Lipinski definition) is 3. The highest BCUT2D eigenvalue weighted by atomic mass is 16.4. The van der Waals surface area contributed by atoms with Gasteiger partial charge in [0.25, 0.3) is 0 Å². The molecule has 0 fully saturated rings. The van der Waals surface area contributed by atoms with Crippen LogP contribution in [0.3, 0.4) is 0 Å². The van der Waals surface area contributed by atoms with Gasteiger partial charge < -0.3 is 15.7 Å². The average molecular weight is 279 g/mol. The molecule has 0 bridgehead atoms. The van der Waals surface area contributed by atoms with Crippen LogP contribution >= 0.6 is 0 Å². The summed E-state index contributed by atoms with van der Waals surface area (Å²) in [5.41, 5.74) is 0.482. The topological polar surface area (TPSA) is 91.3 Å². The number of nitrogens with one attached hydrogen (secondary N) is 2. The summed E-state index contributed by atoms with van der Waals surface area (Å²) < 4.78 is 0. The summed E-state index contributed by atoms with van der Waals surface area (Å²) in [7, 11) is 0. The first kappa shape index (κ1) is 15.9. The lowest BCUT2D eigenvalue weighted by molar-refractivity contribution is -0.144. The molecule has 0 saturated heterocycles. The maximum Gasteiger partial charge on any atom is 0.329 e. The molecule has 0 aliphatic rings. The lowest BCUT2D eigenvalue weighted by atomic mass is 9.97. The van der Waals surface area contributed by atoms with Crippen molar-refractivity contribution in [2.75, 3.05) is 0 Å². The fourth-order valence-electron chi connectivity index (χ4n) is 1.89. The smallest absolute Gasteiger partial charge is 0.329 e. The van der Waals surface area contributed by atoms with Crippen LogP contribution in [0.2, 0.25) is 0 Å². The van der Waals surface area contributed by atoms with Crippen molar-refractivity contribution in [3.05, 3.63) is 29.6 Å². The van der Waals surface area contributed by atoms with Crippen LogP contribution in [0.5, 0.6) is 0 Å². The molecule has 110 valence electrons. The van der Waals surface area contributed by atoms with Crippen molar-refractivity contribution >= 4 is 12.0 Å². The number of aliphatic carboxylic acids is 1. The third kappa shape index (κ3) is 4.22. The molecule has 1 aromatic heterocycles. The van der Waals surface area contributed by atoms with E-state index < -0.39 is 17.5 Å². The van der Waals surface area contributed by atoms with Crippen molar-refractivity contribution in [2.45, 2.75) is 45.7 Å². The van der Waals surface area contributed by atoms with Crippen LogP contribution in [0.4, 0.5) is 4.79 Å². The number of aromatic nitrogens is 1. The summed E-state index contributed by atoms with van der Waals surface area (Å²) in [4.78, 5) is 27.2. The number of carboxylic acid groups (broad SMARTS) is 1. The minimum atomic E-state index is -1.25. The second kappa shape index (κ2) is 6.88. The van der Waals surface area contributed by atoms with Crippen molar-refractivity contribution in [3.8, 4) is 0 Å². The predicted molar refractivity (Wildman–Crippen MR) is 75.3 cm³/mol. The number of amides is 2. The first-order valence-electron chi connectivity index (χ1n) is 6.59. The molecule has 0 saturated carbocycles. The second-order valence-electron chi connectivity index (χ2n) is 4.96. The number of rotatable bonds is 6. The standard InChI is InChI=1S/C14H21N3O3/c1-4-7-14(3,12(18)19)17-13(20)16-9-11-10(2)6-5-8-15-11/h5-6,8H,4,7,9H2,1-3H3,(H,18,19)(H2,16,17,20). The third-order valence-electron chi connectivity index (χ3n) is 3.15. The molecule has 0 aromatic carbocycles. The SMILES string of the molecule is CCCC(C)(NC(=O)NCc1ncccc1C)C(=O)O. The third-order valence-corrected chi connectivity index (χ3v) is 3.15. The van der Waals surface area contributed by atoms with E-state index in [0.717, 1.165) is 11.3 Å². The molecule has 0 aliphatic carbocycles. The Labute approximate surface area is 118 Å². The highest BCUT2D eigenvalue weighted by Crippen LogP contribution is 2.12. The van der Waals surface area contributed by atoms with Crippen LogP contribution in [-0.2, 0) is 11.3 Å². The van der Waals surface area contributed by atoms with E-state index in [0.29, 0.717) is 12.8 Å². The fraction of sp³-hybridized carbons (Fsp3) is 0.500. The highest BCUT2D eigenvalue weighted by Gasteiger charge is 2.33.